The second-order valence-corrected chi connectivity index (χ2v) is 6.20. The summed E-state index contributed by atoms with van der Waals surface area (Å²) < 4.78 is 0. The number of hydrogen-bond donors (Lipinski definition) is 1. The maximum absolute atomic E-state index is 6.05. The van der Waals surface area contributed by atoms with E-state index < -0.39 is 0 Å². The molecule has 0 radical (unpaired) electrons. The van der Waals surface area contributed by atoms with Gasteiger partial charge < -0.3 is 5.73 Å². The van der Waals surface area contributed by atoms with Crippen LogP contribution in [0, 0.1) is 0 Å². The molecule has 0 spiro atoms. The van der Waals surface area contributed by atoms with E-state index in [9.17, 15) is 0 Å². The van der Waals surface area contributed by atoms with Gasteiger partial charge in [0.25, 0.3) is 0 Å². The van der Waals surface area contributed by atoms with Crippen LogP contribution in [0.25, 0.3) is 0 Å². The second kappa shape index (κ2) is 6.70. The smallest absolute Gasteiger partial charge is 0.0471 e. The van der Waals surface area contributed by atoms with Gasteiger partial charge in [0, 0.05) is 31.7 Å². The van der Waals surface area contributed by atoms with Gasteiger partial charge in [0.05, 0.1) is 0 Å². The van der Waals surface area contributed by atoms with Crippen molar-refractivity contribution < 1.29 is 0 Å². The molecule has 1 aromatic rings. The lowest BCUT2D eigenvalue weighted by molar-refractivity contribution is 0.153. The zero-order valence-electron chi connectivity index (χ0n) is 12.4. The Balaban J connectivity index is 1.63. The third kappa shape index (κ3) is 3.05. The first-order chi connectivity index (χ1) is 9.88. The summed E-state index contributed by atoms with van der Waals surface area (Å²) in [7, 11) is 0. The van der Waals surface area contributed by atoms with Crippen LogP contribution in [0.5, 0.6) is 0 Å². The van der Waals surface area contributed by atoms with Crippen molar-refractivity contribution in [2.24, 2.45) is 5.73 Å². The predicted octanol–water partition coefficient (Wildman–Crippen LogP) is 2.25. The second-order valence-electron chi connectivity index (χ2n) is 6.20. The lowest BCUT2D eigenvalue weighted by Gasteiger charge is -2.33. The average Bonchev–Trinajstić information content (AvgIpc) is 3.00. The lowest BCUT2D eigenvalue weighted by Crippen LogP contribution is -2.42. The van der Waals surface area contributed by atoms with Gasteiger partial charge in [-0.2, -0.15) is 0 Å². The van der Waals surface area contributed by atoms with Crippen LogP contribution in [0.15, 0.2) is 30.3 Å². The Morgan fingerprint density at radius 1 is 1.05 bits per heavy atom. The van der Waals surface area contributed by atoms with Crippen LogP contribution in [-0.4, -0.2) is 48.6 Å². The molecule has 2 heterocycles. The Morgan fingerprint density at radius 3 is 2.50 bits per heavy atom. The minimum absolute atomic E-state index is 0.394. The summed E-state index contributed by atoms with van der Waals surface area (Å²) in [6, 6.07) is 11.9. The highest BCUT2D eigenvalue weighted by atomic mass is 15.3. The zero-order chi connectivity index (χ0) is 13.8. The number of hydrogen-bond acceptors (Lipinski definition) is 3. The molecule has 0 amide bonds. The van der Waals surface area contributed by atoms with Crippen molar-refractivity contribution >= 4 is 0 Å². The quantitative estimate of drug-likeness (QED) is 0.913. The molecule has 110 valence electrons. The van der Waals surface area contributed by atoms with Crippen molar-refractivity contribution in [3.63, 3.8) is 0 Å². The van der Waals surface area contributed by atoms with Crippen LogP contribution >= 0.6 is 0 Å². The van der Waals surface area contributed by atoms with E-state index in [1.165, 1.54) is 57.4 Å². The molecule has 0 aromatic heterocycles. The van der Waals surface area contributed by atoms with Gasteiger partial charge in [-0.05, 0) is 37.9 Å². The highest BCUT2D eigenvalue weighted by Crippen LogP contribution is 2.27. The van der Waals surface area contributed by atoms with E-state index in [0.29, 0.717) is 6.04 Å². The summed E-state index contributed by atoms with van der Waals surface area (Å²) in [6.07, 6.45) is 5.50. The Kier molecular flexibility index (Phi) is 4.71. The van der Waals surface area contributed by atoms with Crippen molar-refractivity contribution in [1.82, 2.24) is 9.80 Å². The highest BCUT2D eigenvalue weighted by molar-refractivity contribution is 5.19. The van der Waals surface area contributed by atoms with E-state index >= 15 is 0 Å². The molecule has 3 rings (SSSR count). The molecule has 0 bridgehead atoms. The van der Waals surface area contributed by atoms with Gasteiger partial charge in [-0.25, -0.2) is 0 Å². The maximum Gasteiger partial charge on any atom is 0.0471 e. The molecule has 2 aliphatic heterocycles. The largest absolute Gasteiger partial charge is 0.329 e. The predicted molar refractivity (Wildman–Crippen MR) is 83.6 cm³/mol. The minimum atomic E-state index is 0.394. The molecule has 2 saturated heterocycles. The van der Waals surface area contributed by atoms with Crippen LogP contribution < -0.4 is 5.73 Å². The monoisotopic (exact) mass is 273 g/mol. The van der Waals surface area contributed by atoms with Gasteiger partial charge in [0.1, 0.15) is 0 Å². The SMILES string of the molecule is NCC(c1ccccc1)N1CCC(N2CCCCC2)C1. The Bertz CT molecular complexity index is 400. The summed E-state index contributed by atoms with van der Waals surface area (Å²) in [5.74, 6) is 0. The molecule has 2 fully saturated rings. The summed E-state index contributed by atoms with van der Waals surface area (Å²) in [5, 5.41) is 0. The van der Waals surface area contributed by atoms with E-state index in [4.69, 9.17) is 5.73 Å². The number of piperidine rings is 1. The van der Waals surface area contributed by atoms with Crippen LogP contribution in [0.3, 0.4) is 0 Å². The average molecular weight is 273 g/mol. The van der Waals surface area contributed by atoms with Gasteiger partial charge in [-0.15, -0.1) is 0 Å². The molecule has 3 nitrogen and oxygen atoms in total. The molecule has 0 aliphatic carbocycles. The molecular weight excluding hydrogens is 246 g/mol. The first-order valence-corrected chi connectivity index (χ1v) is 8.11. The van der Waals surface area contributed by atoms with Gasteiger partial charge in [-0.1, -0.05) is 36.8 Å². The summed E-state index contributed by atoms with van der Waals surface area (Å²) >= 11 is 0. The van der Waals surface area contributed by atoms with E-state index in [0.717, 1.165) is 12.6 Å². The molecule has 2 unspecified atom stereocenters. The first-order valence-electron chi connectivity index (χ1n) is 8.11. The van der Waals surface area contributed by atoms with Crippen molar-refractivity contribution in [2.45, 2.75) is 37.8 Å². The third-order valence-corrected chi connectivity index (χ3v) is 4.95. The van der Waals surface area contributed by atoms with Gasteiger partial charge >= 0.3 is 0 Å². The van der Waals surface area contributed by atoms with Crippen LogP contribution in [-0.2, 0) is 0 Å². The molecular formula is C17H27N3. The summed E-state index contributed by atoms with van der Waals surface area (Å²) in [5.41, 5.74) is 7.42. The van der Waals surface area contributed by atoms with Gasteiger partial charge in [-0.3, -0.25) is 9.80 Å². The number of rotatable bonds is 4. The standard InChI is InChI=1S/C17H27N3/c18-13-17(15-7-3-1-4-8-15)20-12-9-16(14-20)19-10-5-2-6-11-19/h1,3-4,7-8,16-17H,2,5-6,9-14,18H2. The minimum Gasteiger partial charge on any atom is -0.329 e. The fourth-order valence-corrected chi connectivity index (χ4v) is 3.80. The van der Waals surface area contributed by atoms with Crippen molar-refractivity contribution in [3.8, 4) is 0 Å². The maximum atomic E-state index is 6.05. The number of benzene rings is 1. The molecule has 20 heavy (non-hydrogen) atoms. The Labute approximate surface area is 122 Å². The van der Waals surface area contributed by atoms with Crippen molar-refractivity contribution in [1.29, 1.82) is 0 Å². The lowest BCUT2D eigenvalue weighted by atomic mass is 10.1. The Hall–Kier alpha value is -0.900. The van der Waals surface area contributed by atoms with E-state index in [-0.39, 0.29) is 0 Å². The van der Waals surface area contributed by atoms with Crippen LogP contribution in [0.2, 0.25) is 0 Å². The fraction of sp³-hybridized carbons (Fsp3) is 0.647. The normalized spacial score (nSPS) is 26.8. The fourth-order valence-electron chi connectivity index (χ4n) is 3.80. The van der Waals surface area contributed by atoms with E-state index in [1.807, 2.05) is 0 Å². The topological polar surface area (TPSA) is 32.5 Å². The summed E-state index contributed by atoms with van der Waals surface area (Å²) in [4.78, 5) is 5.30. The Morgan fingerprint density at radius 2 is 1.80 bits per heavy atom. The molecule has 2 N–H and O–H groups in total. The third-order valence-electron chi connectivity index (χ3n) is 4.95. The number of nitrogens with two attached hydrogens (primary N) is 1. The van der Waals surface area contributed by atoms with Crippen LogP contribution in [0.1, 0.15) is 37.3 Å². The zero-order valence-corrected chi connectivity index (χ0v) is 12.4. The van der Waals surface area contributed by atoms with Crippen molar-refractivity contribution in [2.75, 3.05) is 32.7 Å². The van der Waals surface area contributed by atoms with Gasteiger partial charge in [0.15, 0.2) is 0 Å². The molecule has 2 atom stereocenters. The van der Waals surface area contributed by atoms with Gasteiger partial charge in [0.2, 0.25) is 0 Å². The molecule has 1 aromatic carbocycles. The molecule has 3 heteroatoms. The molecule has 2 aliphatic rings. The summed E-state index contributed by atoms with van der Waals surface area (Å²) in [6.45, 7) is 5.71. The first kappa shape index (κ1) is 14.1. The van der Waals surface area contributed by atoms with Crippen molar-refractivity contribution in [3.05, 3.63) is 35.9 Å². The van der Waals surface area contributed by atoms with E-state index in [2.05, 4.69) is 40.1 Å². The molecule has 0 saturated carbocycles. The highest BCUT2D eigenvalue weighted by Gasteiger charge is 2.32. The van der Waals surface area contributed by atoms with Crippen LogP contribution in [0.4, 0.5) is 0 Å². The number of nitrogens with zero attached hydrogens (tertiary/aromatic N) is 2. The number of likely N-dealkylation sites (tertiary alicyclic amines) is 2. The van der Waals surface area contributed by atoms with E-state index in [1.54, 1.807) is 0 Å².